The van der Waals surface area contributed by atoms with Gasteiger partial charge in [-0.1, -0.05) is 0 Å². The third kappa shape index (κ3) is 1.73. The largest absolute Gasteiger partial charge is 0.444 e. The van der Waals surface area contributed by atoms with Gasteiger partial charge in [0.15, 0.2) is 5.78 Å². The molecule has 3 rings (SSSR count). The van der Waals surface area contributed by atoms with Gasteiger partial charge in [0.05, 0.1) is 5.92 Å². The van der Waals surface area contributed by atoms with Crippen LogP contribution in [0, 0.1) is 11.3 Å². The zero-order chi connectivity index (χ0) is 14.3. The third-order valence-electron chi connectivity index (χ3n) is 3.88. The minimum Gasteiger partial charge on any atom is -0.444 e. The zero-order valence-corrected chi connectivity index (χ0v) is 11.2. The Hall–Kier alpha value is -2.48. The predicted octanol–water partition coefficient (Wildman–Crippen LogP) is 1.84. The number of allylic oxidation sites excluding steroid dienone is 3. The molecule has 1 aliphatic carbocycles. The molecule has 0 bridgehead atoms. The molecule has 2 N–H and O–H groups in total. The maximum atomic E-state index is 12.3. The Morgan fingerprint density at radius 1 is 1.50 bits per heavy atom. The van der Waals surface area contributed by atoms with Crippen LogP contribution in [-0.4, -0.2) is 10.4 Å². The van der Waals surface area contributed by atoms with E-state index in [1.165, 1.54) is 0 Å². The molecule has 0 radical (unpaired) electrons. The highest BCUT2D eigenvalue weighted by Gasteiger charge is 2.38. The molecule has 2 heterocycles. The second kappa shape index (κ2) is 4.57. The number of nitrogens with two attached hydrogens (primary N) is 1. The van der Waals surface area contributed by atoms with Crippen LogP contribution in [0.25, 0.3) is 0 Å². The normalized spacial score (nSPS) is 22.4. The number of hydrogen-bond donors (Lipinski definition) is 1. The molecule has 0 aromatic carbocycles. The number of aryl methyl sites for hydroxylation is 1. The van der Waals surface area contributed by atoms with Crippen molar-refractivity contribution >= 4 is 5.78 Å². The first kappa shape index (κ1) is 12.5. The summed E-state index contributed by atoms with van der Waals surface area (Å²) in [6, 6.07) is 5.90. The highest BCUT2D eigenvalue weighted by atomic mass is 16.5. The number of rotatable bonds is 1. The highest BCUT2D eigenvalue weighted by molar-refractivity contribution is 5.99. The van der Waals surface area contributed by atoms with Crippen LogP contribution in [0.4, 0.5) is 0 Å². The molecule has 1 aliphatic heterocycles. The summed E-state index contributed by atoms with van der Waals surface area (Å²) in [5, 5.41) is 9.39. The Labute approximate surface area is 116 Å². The molecule has 0 spiro atoms. The van der Waals surface area contributed by atoms with Gasteiger partial charge in [-0.15, -0.1) is 0 Å². The molecule has 1 aromatic heterocycles. The van der Waals surface area contributed by atoms with E-state index in [0.717, 1.165) is 12.1 Å². The van der Waals surface area contributed by atoms with E-state index >= 15 is 0 Å². The number of ether oxygens (including phenoxy) is 1. The van der Waals surface area contributed by atoms with Crippen molar-refractivity contribution in [1.29, 1.82) is 5.26 Å². The van der Waals surface area contributed by atoms with E-state index in [4.69, 9.17) is 10.5 Å². The molecule has 0 saturated carbocycles. The van der Waals surface area contributed by atoms with E-state index in [1.54, 1.807) is 0 Å². The summed E-state index contributed by atoms with van der Waals surface area (Å²) in [4.78, 5) is 12.3. The molecule has 1 atom stereocenters. The fourth-order valence-corrected chi connectivity index (χ4v) is 2.93. The summed E-state index contributed by atoms with van der Waals surface area (Å²) in [6.07, 6.45) is 3.86. The fraction of sp³-hybridized carbons (Fsp3) is 0.333. The number of Topliss-reactive ketones (excluding diaryl/α,β-unsaturated/α-hetero) is 1. The standard InChI is InChI=1S/C15H15N3O2/c1-18-7-3-4-10(18)13-9(8-16)15(17)20-12-6-2-5-11(19)14(12)13/h3-4,7,13H,2,5-6,17H2,1H3/t13-/m0/s1. The van der Waals surface area contributed by atoms with Crippen LogP contribution < -0.4 is 5.73 Å². The number of nitriles is 1. The Morgan fingerprint density at radius 3 is 2.95 bits per heavy atom. The van der Waals surface area contributed by atoms with Crippen molar-refractivity contribution in [2.45, 2.75) is 25.2 Å². The van der Waals surface area contributed by atoms with Gasteiger partial charge in [0.1, 0.15) is 17.4 Å². The molecule has 0 amide bonds. The molecule has 0 saturated heterocycles. The lowest BCUT2D eigenvalue weighted by Gasteiger charge is -2.31. The minimum absolute atomic E-state index is 0.0534. The first-order valence-electron chi connectivity index (χ1n) is 6.58. The lowest BCUT2D eigenvalue weighted by atomic mass is 9.79. The number of aromatic nitrogens is 1. The number of nitrogens with zero attached hydrogens (tertiary/aromatic N) is 2. The van der Waals surface area contributed by atoms with E-state index in [0.29, 0.717) is 29.7 Å². The molecular weight excluding hydrogens is 254 g/mol. The van der Waals surface area contributed by atoms with Crippen molar-refractivity contribution in [2.24, 2.45) is 12.8 Å². The smallest absolute Gasteiger partial charge is 0.205 e. The van der Waals surface area contributed by atoms with Crippen LogP contribution in [0.15, 0.2) is 41.1 Å². The lowest BCUT2D eigenvalue weighted by Crippen LogP contribution is -2.28. The number of carbonyl (C=O) groups excluding carboxylic acids is 1. The van der Waals surface area contributed by atoms with Gasteiger partial charge in [-0.2, -0.15) is 5.26 Å². The first-order chi connectivity index (χ1) is 9.63. The molecule has 0 unspecified atom stereocenters. The monoisotopic (exact) mass is 269 g/mol. The number of carbonyl (C=O) groups is 1. The molecule has 5 nitrogen and oxygen atoms in total. The van der Waals surface area contributed by atoms with E-state index in [2.05, 4.69) is 6.07 Å². The van der Waals surface area contributed by atoms with Gasteiger partial charge >= 0.3 is 0 Å². The fourth-order valence-electron chi connectivity index (χ4n) is 2.93. The molecule has 102 valence electrons. The molecular formula is C15H15N3O2. The van der Waals surface area contributed by atoms with Crippen LogP contribution in [0.5, 0.6) is 0 Å². The van der Waals surface area contributed by atoms with E-state index < -0.39 is 5.92 Å². The predicted molar refractivity (Wildman–Crippen MR) is 71.9 cm³/mol. The average molecular weight is 269 g/mol. The van der Waals surface area contributed by atoms with E-state index in [-0.39, 0.29) is 11.7 Å². The van der Waals surface area contributed by atoms with Crippen LogP contribution >= 0.6 is 0 Å². The van der Waals surface area contributed by atoms with Crippen molar-refractivity contribution in [3.05, 3.63) is 46.8 Å². The van der Waals surface area contributed by atoms with E-state index in [9.17, 15) is 10.1 Å². The third-order valence-corrected chi connectivity index (χ3v) is 3.88. The Balaban J connectivity index is 2.21. The van der Waals surface area contributed by atoms with E-state index in [1.807, 2.05) is 29.9 Å². The summed E-state index contributed by atoms with van der Waals surface area (Å²) >= 11 is 0. The topological polar surface area (TPSA) is 81.0 Å². The van der Waals surface area contributed by atoms with Gasteiger partial charge in [0.2, 0.25) is 5.88 Å². The summed E-state index contributed by atoms with van der Waals surface area (Å²) < 4.78 is 7.43. The summed E-state index contributed by atoms with van der Waals surface area (Å²) in [6.45, 7) is 0. The van der Waals surface area contributed by atoms with Gasteiger partial charge in [-0.25, -0.2) is 0 Å². The van der Waals surface area contributed by atoms with Crippen LogP contribution in [0.3, 0.4) is 0 Å². The van der Waals surface area contributed by atoms with Gasteiger partial charge < -0.3 is 15.0 Å². The second-order valence-electron chi connectivity index (χ2n) is 5.08. The van der Waals surface area contributed by atoms with Crippen molar-refractivity contribution < 1.29 is 9.53 Å². The minimum atomic E-state index is -0.406. The van der Waals surface area contributed by atoms with Crippen LogP contribution in [-0.2, 0) is 16.6 Å². The highest BCUT2D eigenvalue weighted by Crippen LogP contribution is 2.43. The molecule has 0 fully saturated rings. The van der Waals surface area contributed by atoms with Crippen molar-refractivity contribution in [3.63, 3.8) is 0 Å². The van der Waals surface area contributed by atoms with Gasteiger partial charge in [-0.05, 0) is 18.6 Å². The maximum absolute atomic E-state index is 12.3. The molecule has 2 aliphatic rings. The SMILES string of the molecule is Cn1cccc1[C@@H]1C(C#N)=C(N)OC2=C1C(=O)CCC2. The Morgan fingerprint density at radius 2 is 2.30 bits per heavy atom. The molecule has 1 aromatic rings. The molecule has 20 heavy (non-hydrogen) atoms. The second-order valence-corrected chi connectivity index (χ2v) is 5.08. The summed E-state index contributed by atoms with van der Waals surface area (Å²) in [5.41, 5.74) is 7.67. The maximum Gasteiger partial charge on any atom is 0.205 e. The van der Waals surface area contributed by atoms with Crippen molar-refractivity contribution in [3.8, 4) is 6.07 Å². The zero-order valence-electron chi connectivity index (χ0n) is 11.2. The summed E-state index contributed by atoms with van der Waals surface area (Å²) in [7, 11) is 1.89. The number of hydrogen-bond acceptors (Lipinski definition) is 4. The van der Waals surface area contributed by atoms with Crippen LogP contribution in [0.2, 0.25) is 0 Å². The number of ketones is 1. The van der Waals surface area contributed by atoms with Gasteiger partial charge in [-0.3, -0.25) is 4.79 Å². The summed E-state index contributed by atoms with van der Waals surface area (Å²) in [5.74, 6) is 0.394. The van der Waals surface area contributed by atoms with Gasteiger partial charge in [0.25, 0.3) is 0 Å². The Kier molecular flexibility index (Phi) is 2.87. The van der Waals surface area contributed by atoms with Crippen LogP contribution in [0.1, 0.15) is 30.9 Å². The van der Waals surface area contributed by atoms with Crippen molar-refractivity contribution in [1.82, 2.24) is 4.57 Å². The average Bonchev–Trinajstić information content (AvgIpc) is 2.83. The lowest BCUT2D eigenvalue weighted by molar-refractivity contribution is -0.116. The van der Waals surface area contributed by atoms with Crippen molar-refractivity contribution in [2.75, 3.05) is 0 Å². The molecule has 5 heteroatoms. The quantitative estimate of drug-likeness (QED) is 0.843. The van der Waals surface area contributed by atoms with Gasteiger partial charge in [0, 0.05) is 37.4 Å². The first-order valence-corrected chi connectivity index (χ1v) is 6.58. The Bertz CT molecular complexity index is 688.